The van der Waals surface area contributed by atoms with Crippen LogP contribution in [0.15, 0.2) is 6.33 Å². The Morgan fingerprint density at radius 3 is 3.05 bits per heavy atom. The van der Waals surface area contributed by atoms with Crippen LogP contribution in [0.25, 0.3) is 5.78 Å². The van der Waals surface area contributed by atoms with E-state index in [1.165, 1.54) is 6.33 Å². The van der Waals surface area contributed by atoms with E-state index in [2.05, 4.69) is 20.4 Å². The summed E-state index contributed by atoms with van der Waals surface area (Å²) in [5.41, 5.74) is 3.03. The van der Waals surface area contributed by atoms with Gasteiger partial charge in [-0.2, -0.15) is 10.1 Å². The third-order valence-electron chi connectivity index (χ3n) is 4.55. The molecule has 3 rings (SSSR count). The fourth-order valence-electron chi connectivity index (χ4n) is 3.10. The second-order valence-electron chi connectivity index (χ2n) is 5.88. The van der Waals surface area contributed by atoms with Crippen molar-refractivity contribution in [2.45, 2.75) is 39.2 Å². The molecule has 0 bridgehead atoms. The zero-order valence-electron chi connectivity index (χ0n) is 13.3. The summed E-state index contributed by atoms with van der Waals surface area (Å²) in [5, 5.41) is 7.48. The molecule has 1 saturated heterocycles. The fourth-order valence-corrected chi connectivity index (χ4v) is 3.10. The number of carbonyl (C=O) groups excluding carboxylic acids is 1. The Balaban J connectivity index is 1.72. The molecule has 2 aromatic heterocycles. The standard InChI is InChI=1S/C15H22N6O/c1-10-13(11(2)21-15(19-10)17-9-18-21)4-5-14(22)20(3)12-6-7-16-8-12/h9,12,16H,4-8H2,1-3H3. The summed E-state index contributed by atoms with van der Waals surface area (Å²) in [6.07, 6.45) is 3.72. The number of likely N-dealkylation sites (N-methyl/N-ethyl adjacent to an activating group) is 1. The van der Waals surface area contributed by atoms with Crippen LogP contribution in [0.1, 0.15) is 29.8 Å². The molecule has 1 amide bonds. The van der Waals surface area contributed by atoms with Crippen LogP contribution < -0.4 is 5.32 Å². The maximum Gasteiger partial charge on any atom is 0.252 e. The Kier molecular flexibility index (Phi) is 4.06. The van der Waals surface area contributed by atoms with Gasteiger partial charge >= 0.3 is 0 Å². The molecule has 0 saturated carbocycles. The van der Waals surface area contributed by atoms with Gasteiger partial charge < -0.3 is 10.2 Å². The highest BCUT2D eigenvalue weighted by Gasteiger charge is 2.23. The van der Waals surface area contributed by atoms with Crippen LogP contribution in [-0.2, 0) is 11.2 Å². The summed E-state index contributed by atoms with van der Waals surface area (Å²) in [4.78, 5) is 22.8. The van der Waals surface area contributed by atoms with Crippen LogP contribution in [0.3, 0.4) is 0 Å². The number of rotatable bonds is 4. The van der Waals surface area contributed by atoms with E-state index in [9.17, 15) is 4.79 Å². The van der Waals surface area contributed by atoms with Crippen molar-refractivity contribution < 1.29 is 4.79 Å². The Labute approximate surface area is 129 Å². The van der Waals surface area contributed by atoms with Crippen molar-refractivity contribution in [2.75, 3.05) is 20.1 Å². The van der Waals surface area contributed by atoms with Gasteiger partial charge in [-0.1, -0.05) is 0 Å². The lowest BCUT2D eigenvalue weighted by Gasteiger charge is -2.24. The Morgan fingerprint density at radius 1 is 1.50 bits per heavy atom. The molecule has 7 nitrogen and oxygen atoms in total. The number of carbonyl (C=O) groups is 1. The van der Waals surface area contributed by atoms with Crippen LogP contribution in [0.2, 0.25) is 0 Å². The molecule has 0 spiro atoms. The number of nitrogens with one attached hydrogen (secondary N) is 1. The van der Waals surface area contributed by atoms with Gasteiger partial charge in [0.2, 0.25) is 5.91 Å². The number of hydrogen-bond donors (Lipinski definition) is 1. The molecule has 1 N–H and O–H groups in total. The van der Waals surface area contributed by atoms with Crippen LogP contribution in [-0.4, -0.2) is 56.6 Å². The maximum atomic E-state index is 12.4. The minimum Gasteiger partial charge on any atom is -0.341 e. The first kappa shape index (κ1) is 14.9. The minimum atomic E-state index is 0.186. The van der Waals surface area contributed by atoms with Gasteiger partial charge in [-0.05, 0) is 38.8 Å². The van der Waals surface area contributed by atoms with Gasteiger partial charge in [0.25, 0.3) is 5.78 Å². The highest BCUT2D eigenvalue weighted by atomic mass is 16.2. The molecule has 1 atom stereocenters. The number of hydrogen-bond acceptors (Lipinski definition) is 5. The first-order valence-corrected chi connectivity index (χ1v) is 7.70. The lowest BCUT2D eigenvalue weighted by Crippen LogP contribution is -2.38. The molecule has 0 radical (unpaired) electrons. The van der Waals surface area contributed by atoms with E-state index in [1.807, 2.05) is 25.8 Å². The molecule has 22 heavy (non-hydrogen) atoms. The third-order valence-corrected chi connectivity index (χ3v) is 4.55. The normalized spacial score (nSPS) is 18.0. The second kappa shape index (κ2) is 6.00. The van der Waals surface area contributed by atoms with Crippen LogP contribution >= 0.6 is 0 Å². The van der Waals surface area contributed by atoms with E-state index in [0.717, 1.165) is 36.5 Å². The van der Waals surface area contributed by atoms with E-state index in [1.54, 1.807) is 4.52 Å². The van der Waals surface area contributed by atoms with Gasteiger partial charge in [-0.25, -0.2) is 9.50 Å². The van der Waals surface area contributed by atoms with Crippen molar-refractivity contribution in [3.05, 3.63) is 23.3 Å². The summed E-state index contributed by atoms with van der Waals surface area (Å²) in [6.45, 7) is 5.85. The summed E-state index contributed by atoms with van der Waals surface area (Å²) in [7, 11) is 1.90. The molecule has 1 unspecified atom stereocenters. The van der Waals surface area contributed by atoms with Crippen molar-refractivity contribution in [1.29, 1.82) is 0 Å². The van der Waals surface area contributed by atoms with Gasteiger partial charge in [0, 0.05) is 37.4 Å². The van der Waals surface area contributed by atoms with Gasteiger partial charge in [0.05, 0.1) is 0 Å². The van der Waals surface area contributed by atoms with Gasteiger partial charge in [-0.15, -0.1) is 0 Å². The number of amides is 1. The van der Waals surface area contributed by atoms with Crippen molar-refractivity contribution in [1.82, 2.24) is 29.8 Å². The number of aryl methyl sites for hydroxylation is 2. The monoisotopic (exact) mass is 302 g/mol. The van der Waals surface area contributed by atoms with E-state index < -0.39 is 0 Å². The average molecular weight is 302 g/mol. The minimum absolute atomic E-state index is 0.186. The topological polar surface area (TPSA) is 75.4 Å². The molecular weight excluding hydrogens is 280 g/mol. The summed E-state index contributed by atoms with van der Waals surface area (Å²) < 4.78 is 1.73. The average Bonchev–Trinajstić information content (AvgIpc) is 3.16. The first-order chi connectivity index (χ1) is 10.6. The van der Waals surface area contributed by atoms with Crippen LogP contribution in [0, 0.1) is 13.8 Å². The lowest BCUT2D eigenvalue weighted by atomic mass is 10.1. The van der Waals surface area contributed by atoms with Gasteiger partial charge in [0.15, 0.2) is 0 Å². The molecule has 3 heterocycles. The molecule has 1 fully saturated rings. The molecule has 118 valence electrons. The highest BCUT2D eigenvalue weighted by Crippen LogP contribution is 2.16. The predicted octanol–water partition coefficient (Wildman–Crippen LogP) is 0.494. The molecule has 7 heteroatoms. The molecule has 1 aliphatic rings. The zero-order chi connectivity index (χ0) is 15.7. The molecule has 2 aromatic rings. The number of aromatic nitrogens is 4. The zero-order valence-corrected chi connectivity index (χ0v) is 13.3. The molecule has 1 aliphatic heterocycles. The first-order valence-electron chi connectivity index (χ1n) is 7.70. The van der Waals surface area contributed by atoms with Crippen molar-refractivity contribution >= 4 is 11.7 Å². The summed E-state index contributed by atoms with van der Waals surface area (Å²) in [6, 6.07) is 0.325. The SMILES string of the molecule is Cc1nc2ncnn2c(C)c1CCC(=O)N(C)C1CCNC1. The van der Waals surface area contributed by atoms with Gasteiger partial charge in [0.1, 0.15) is 6.33 Å². The smallest absolute Gasteiger partial charge is 0.252 e. The molecular formula is C15H22N6O. The van der Waals surface area contributed by atoms with Crippen molar-refractivity contribution in [3.63, 3.8) is 0 Å². The lowest BCUT2D eigenvalue weighted by molar-refractivity contribution is -0.131. The van der Waals surface area contributed by atoms with E-state index in [-0.39, 0.29) is 5.91 Å². The van der Waals surface area contributed by atoms with E-state index in [0.29, 0.717) is 24.7 Å². The van der Waals surface area contributed by atoms with Crippen molar-refractivity contribution in [2.24, 2.45) is 0 Å². The Bertz CT molecular complexity index is 689. The third kappa shape index (κ3) is 2.68. The number of nitrogens with zero attached hydrogens (tertiary/aromatic N) is 5. The Hall–Kier alpha value is -2.02. The van der Waals surface area contributed by atoms with E-state index in [4.69, 9.17) is 0 Å². The Morgan fingerprint density at radius 2 is 2.32 bits per heavy atom. The quantitative estimate of drug-likeness (QED) is 0.890. The predicted molar refractivity (Wildman–Crippen MR) is 82.6 cm³/mol. The second-order valence-corrected chi connectivity index (χ2v) is 5.88. The maximum absolute atomic E-state index is 12.4. The van der Waals surface area contributed by atoms with Crippen LogP contribution in [0.4, 0.5) is 0 Å². The van der Waals surface area contributed by atoms with Gasteiger partial charge in [-0.3, -0.25) is 4.79 Å². The van der Waals surface area contributed by atoms with Crippen LogP contribution in [0.5, 0.6) is 0 Å². The largest absolute Gasteiger partial charge is 0.341 e. The highest BCUT2D eigenvalue weighted by molar-refractivity contribution is 5.76. The summed E-state index contributed by atoms with van der Waals surface area (Å²) >= 11 is 0. The summed E-state index contributed by atoms with van der Waals surface area (Å²) in [5.74, 6) is 0.797. The number of fused-ring (bicyclic) bond motifs is 1. The van der Waals surface area contributed by atoms with E-state index >= 15 is 0 Å². The fraction of sp³-hybridized carbons (Fsp3) is 0.600. The van der Waals surface area contributed by atoms with Crippen molar-refractivity contribution in [3.8, 4) is 0 Å². The molecule has 0 aliphatic carbocycles. The molecule has 0 aromatic carbocycles.